The van der Waals surface area contributed by atoms with Crippen molar-refractivity contribution in [2.45, 2.75) is 38.5 Å². The molecule has 0 unspecified atom stereocenters. The largest absolute Gasteiger partial charge is 0.493 e. The minimum Gasteiger partial charge on any atom is -0.493 e. The van der Waals surface area contributed by atoms with Gasteiger partial charge in [-0.2, -0.15) is 0 Å². The van der Waals surface area contributed by atoms with E-state index in [1.165, 1.54) is 12.8 Å². The van der Waals surface area contributed by atoms with Gasteiger partial charge in [-0.15, -0.1) is 0 Å². The summed E-state index contributed by atoms with van der Waals surface area (Å²) < 4.78 is 16.4. The van der Waals surface area contributed by atoms with Crippen LogP contribution < -0.4 is 14.2 Å². The summed E-state index contributed by atoms with van der Waals surface area (Å²) in [5, 5.41) is 0. The Balaban J connectivity index is 2.14. The van der Waals surface area contributed by atoms with Crippen LogP contribution in [0.15, 0.2) is 12.1 Å². The molecular weight excluding hydrogens is 280 g/mol. The molecule has 2 aromatic rings. The third kappa shape index (κ3) is 2.67. The fraction of sp³-hybridized carbons (Fsp3) is 0.529. The fourth-order valence-electron chi connectivity index (χ4n) is 3.09. The Labute approximate surface area is 130 Å². The van der Waals surface area contributed by atoms with Crippen LogP contribution in [0.3, 0.4) is 0 Å². The number of methoxy groups -OCH3 is 2. The Morgan fingerprint density at radius 2 is 1.59 bits per heavy atom. The van der Waals surface area contributed by atoms with Gasteiger partial charge in [0.25, 0.3) is 0 Å². The summed E-state index contributed by atoms with van der Waals surface area (Å²) in [4.78, 5) is 9.51. The Bertz CT molecular complexity index is 666. The highest BCUT2D eigenvalue weighted by atomic mass is 16.5. The molecule has 1 fully saturated rings. The summed E-state index contributed by atoms with van der Waals surface area (Å²) in [6.45, 7) is 2.56. The van der Waals surface area contributed by atoms with Gasteiger partial charge in [0, 0.05) is 18.1 Å². The number of aromatic nitrogens is 2. The SMILES string of the molecule is CCOc1nc2cc(OC)c(OC)cc2nc1C1CCCC1. The fourth-order valence-corrected chi connectivity index (χ4v) is 3.09. The smallest absolute Gasteiger partial charge is 0.236 e. The normalized spacial score (nSPS) is 15.2. The lowest BCUT2D eigenvalue weighted by Gasteiger charge is -2.15. The van der Waals surface area contributed by atoms with Crippen molar-refractivity contribution in [2.75, 3.05) is 20.8 Å². The van der Waals surface area contributed by atoms with Crippen molar-refractivity contribution < 1.29 is 14.2 Å². The minimum atomic E-state index is 0.451. The molecule has 0 spiro atoms. The first kappa shape index (κ1) is 14.9. The van der Waals surface area contributed by atoms with Crippen molar-refractivity contribution in [3.63, 3.8) is 0 Å². The molecule has 1 heterocycles. The van der Waals surface area contributed by atoms with Gasteiger partial charge in [0.1, 0.15) is 5.69 Å². The zero-order valence-electron chi connectivity index (χ0n) is 13.4. The van der Waals surface area contributed by atoms with E-state index in [-0.39, 0.29) is 0 Å². The highest BCUT2D eigenvalue weighted by molar-refractivity contribution is 5.79. The van der Waals surface area contributed by atoms with Crippen LogP contribution in [0.4, 0.5) is 0 Å². The molecule has 0 N–H and O–H groups in total. The molecule has 1 aliphatic rings. The van der Waals surface area contributed by atoms with Crippen LogP contribution >= 0.6 is 0 Å². The van der Waals surface area contributed by atoms with Crippen molar-refractivity contribution >= 4 is 11.0 Å². The van der Waals surface area contributed by atoms with Crippen LogP contribution in [0.1, 0.15) is 44.2 Å². The van der Waals surface area contributed by atoms with Gasteiger partial charge in [0.05, 0.1) is 31.9 Å². The molecule has 118 valence electrons. The van der Waals surface area contributed by atoms with Gasteiger partial charge in [-0.05, 0) is 19.8 Å². The Morgan fingerprint density at radius 1 is 1.00 bits per heavy atom. The quantitative estimate of drug-likeness (QED) is 0.843. The van der Waals surface area contributed by atoms with Crippen molar-refractivity contribution in [1.29, 1.82) is 0 Å². The van der Waals surface area contributed by atoms with Gasteiger partial charge < -0.3 is 14.2 Å². The van der Waals surface area contributed by atoms with E-state index in [0.29, 0.717) is 29.9 Å². The summed E-state index contributed by atoms with van der Waals surface area (Å²) in [7, 11) is 3.25. The average molecular weight is 302 g/mol. The minimum absolute atomic E-state index is 0.451. The van der Waals surface area contributed by atoms with Gasteiger partial charge in [-0.3, -0.25) is 0 Å². The van der Waals surface area contributed by atoms with Gasteiger partial charge in [0.2, 0.25) is 5.88 Å². The van der Waals surface area contributed by atoms with Gasteiger partial charge in [-0.25, -0.2) is 9.97 Å². The summed E-state index contributed by atoms with van der Waals surface area (Å²) in [5.74, 6) is 2.44. The van der Waals surface area contributed by atoms with Crippen molar-refractivity contribution in [3.8, 4) is 17.4 Å². The van der Waals surface area contributed by atoms with Gasteiger partial charge >= 0.3 is 0 Å². The molecule has 0 amide bonds. The summed E-state index contributed by atoms with van der Waals surface area (Å²) in [5.41, 5.74) is 2.57. The third-order valence-corrected chi connectivity index (χ3v) is 4.19. The highest BCUT2D eigenvalue weighted by Crippen LogP contribution is 2.39. The van der Waals surface area contributed by atoms with E-state index < -0.39 is 0 Å². The van der Waals surface area contributed by atoms with E-state index >= 15 is 0 Å². The Kier molecular flexibility index (Phi) is 4.32. The van der Waals surface area contributed by atoms with Crippen LogP contribution in [-0.2, 0) is 0 Å². The molecule has 22 heavy (non-hydrogen) atoms. The molecule has 1 saturated carbocycles. The number of ether oxygens (including phenoxy) is 3. The van der Waals surface area contributed by atoms with E-state index in [0.717, 1.165) is 29.6 Å². The first-order valence-corrected chi connectivity index (χ1v) is 7.83. The zero-order chi connectivity index (χ0) is 15.5. The second-order valence-corrected chi connectivity index (χ2v) is 5.52. The van der Waals surface area contributed by atoms with Crippen molar-refractivity contribution in [2.24, 2.45) is 0 Å². The molecule has 1 aliphatic carbocycles. The first-order valence-electron chi connectivity index (χ1n) is 7.83. The Hall–Kier alpha value is -2.04. The number of fused-ring (bicyclic) bond motifs is 1. The summed E-state index contributed by atoms with van der Waals surface area (Å²) in [6.07, 6.45) is 4.82. The molecule has 0 saturated heterocycles. The van der Waals surface area contributed by atoms with Crippen LogP contribution in [0.25, 0.3) is 11.0 Å². The molecule has 5 nitrogen and oxygen atoms in total. The molecule has 0 aliphatic heterocycles. The molecule has 0 atom stereocenters. The number of hydrogen-bond donors (Lipinski definition) is 0. The molecular formula is C17H22N2O3. The van der Waals surface area contributed by atoms with Crippen LogP contribution in [0.2, 0.25) is 0 Å². The van der Waals surface area contributed by atoms with Crippen molar-refractivity contribution in [3.05, 3.63) is 17.8 Å². The molecule has 0 bridgehead atoms. The van der Waals surface area contributed by atoms with Crippen LogP contribution in [-0.4, -0.2) is 30.8 Å². The molecule has 3 rings (SSSR count). The lowest BCUT2D eigenvalue weighted by atomic mass is 10.0. The topological polar surface area (TPSA) is 53.5 Å². The molecule has 1 aromatic heterocycles. The third-order valence-electron chi connectivity index (χ3n) is 4.19. The van der Waals surface area contributed by atoms with Crippen LogP contribution in [0, 0.1) is 0 Å². The average Bonchev–Trinajstić information content (AvgIpc) is 3.07. The maximum Gasteiger partial charge on any atom is 0.236 e. The van der Waals surface area contributed by atoms with E-state index in [9.17, 15) is 0 Å². The van der Waals surface area contributed by atoms with E-state index in [4.69, 9.17) is 19.2 Å². The van der Waals surface area contributed by atoms with E-state index in [2.05, 4.69) is 4.98 Å². The summed E-state index contributed by atoms with van der Waals surface area (Å²) >= 11 is 0. The van der Waals surface area contributed by atoms with E-state index in [1.54, 1.807) is 14.2 Å². The second kappa shape index (κ2) is 6.38. The predicted octanol–water partition coefficient (Wildman–Crippen LogP) is 3.70. The summed E-state index contributed by atoms with van der Waals surface area (Å²) in [6, 6.07) is 3.73. The lowest BCUT2D eigenvalue weighted by Crippen LogP contribution is -2.06. The number of rotatable bonds is 5. The second-order valence-electron chi connectivity index (χ2n) is 5.52. The zero-order valence-corrected chi connectivity index (χ0v) is 13.4. The maximum atomic E-state index is 5.74. The van der Waals surface area contributed by atoms with Gasteiger partial charge in [0.15, 0.2) is 11.5 Å². The molecule has 1 aromatic carbocycles. The predicted molar refractivity (Wildman–Crippen MR) is 85.0 cm³/mol. The Morgan fingerprint density at radius 3 is 2.14 bits per heavy atom. The highest BCUT2D eigenvalue weighted by Gasteiger charge is 2.24. The maximum absolute atomic E-state index is 5.74. The monoisotopic (exact) mass is 302 g/mol. The molecule has 0 radical (unpaired) electrons. The number of benzene rings is 1. The first-order chi connectivity index (χ1) is 10.8. The van der Waals surface area contributed by atoms with Gasteiger partial charge in [-0.1, -0.05) is 12.8 Å². The molecule has 5 heteroatoms. The number of nitrogens with zero attached hydrogens (tertiary/aromatic N) is 2. The van der Waals surface area contributed by atoms with E-state index in [1.807, 2.05) is 19.1 Å². The van der Waals surface area contributed by atoms with Crippen LogP contribution in [0.5, 0.6) is 17.4 Å². The van der Waals surface area contributed by atoms with Crippen molar-refractivity contribution in [1.82, 2.24) is 9.97 Å². The standard InChI is InChI=1S/C17H22N2O3/c1-4-22-17-16(11-7-5-6-8-11)18-12-9-14(20-2)15(21-3)10-13(12)19-17/h9-11H,4-8H2,1-3H3. The lowest BCUT2D eigenvalue weighted by molar-refractivity contribution is 0.319. The number of hydrogen-bond acceptors (Lipinski definition) is 5.